The summed E-state index contributed by atoms with van der Waals surface area (Å²) in [5.41, 5.74) is 1.08. The van der Waals surface area contributed by atoms with Gasteiger partial charge in [0.25, 0.3) is 0 Å². The van der Waals surface area contributed by atoms with Crippen molar-refractivity contribution >= 4 is 17.6 Å². The molecule has 3 rings (SSSR count). The fraction of sp³-hybridized carbons (Fsp3) is 0.688. The molecule has 0 bridgehead atoms. The maximum absolute atomic E-state index is 12.0. The first-order valence-corrected chi connectivity index (χ1v) is 8.25. The molecule has 2 amide bonds. The van der Waals surface area contributed by atoms with E-state index in [-0.39, 0.29) is 17.7 Å². The van der Waals surface area contributed by atoms with Gasteiger partial charge in [-0.05, 0) is 32.1 Å². The zero-order valence-corrected chi connectivity index (χ0v) is 13.1. The topological polar surface area (TPSA) is 76.0 Å². The van der Waals surface area contributed by atoms with Gasteiger partial charge >= 0.3 is 0 Å². The molecule has 0 unspecified atom stereocenters. The molecule has 2 fully saturated rings. The number of nitrogens with zero attached hydrogens (tertiary/aromatic N) is 2. The number of carbonyl (C=O) groups is 2. The Hall–Kier alpha value is -1.85. The zero-order chi connectivity index (χ0) is 15.5. The summed E-state index contributed by atoms with van der Waals surface area (Å²) < 4.78 is 1.74. The Morgan fingerprint density at radius 1 is 1.32 bits per heavy atom. The van der Waals surface area contributed by atoms with Crippen LogP contribution in [0.15, 0.2) is 6.07 Å². The first-order chi connectivity index (χ1) is 10.6. The van der Waals surface area contributed by atoms with Crippen LogP contribution in [0.4, 0.5) is 5.82 Å². The minimum atomic E-state index is -0.0242. The molecule has 2 aliphatic carbocycles. The Morgan fingerprint density at radius 3 is 2.73 bits per heavy atom. The van der Waals surface area contributed by atoms with Crippen LogP contribution in [0, 0.1) is 5.92 Å². The lowest BCUT2D eigenvalue weighted by Gasteiger charge is -2.22. The second-order valence-corrected chi connectivity index (χ2v) is 6.42. The number of carbonyl (C=O) groups excluding carboxylic acids is 2. The third-order valence-corrected chi connectivity index (χ3v) is 4.52. The third-order valence-electron chi connectivity index (χ3n) is 4.52. The monoisotopic (exact) mass is 304 g/mol. The lowest BCUT2D eigenvalue weighted by atomic mass is 9.83. The maximum Gasteiger partial charge on any atom is 0.225 e. The Labute approximate surface area is 130 Å². The van der Waals surface area contributed by atoms with E-state index >= 15 is 0 Å². The molecule has 22 heavy (non-hydrogen) atoms. The predicted octanol–water partition coefficient (Wildman–Crippen LogP) is 1.93. The summed E-state index contributed by atoms with van der Waals surface area (Å²) >= 11 is 0. The Balaban J connectivity index is 1.39. The van der Waals surface area contributed by atoms with E-state index in [2.05, 4.69) is 15.7 Å². The van der Waals surface area contributed by atoms with Crippen molar-refractivity contribution in [1.29, 1.82) is 0 Å². The van der Waals surface area contributed by atoms with E-state index in [0.29, 0.717) is 25.3 Å². The van der Waals surface area contributed by atoms with Crippen LogP contribution in [0.1, 0.15) is 56.6 Å². The molecule has 2 saturated carbocycles. The van der Waals surface area contributed by atoms with Crippen LogP contribution in [0.25, 0.3) is 0 Å². The van der Waals surface area contributed by atoms with Crippen molar-refractivity contribution in [2.75, 3.05) is 11.9 Å². The molecule has 0 saturated heterocycles. The molecule has 120 valence electrons. The largest absolute Gasteiger partial charge is 0.356 e. The van der Waals surface area contributed by atoms with Crippen LogP contribution < -0.4 is 10.6 Å². The van der Waals surface area contributed by atoms with E-state index < -0.39 is 0 Å². The fourth-order valence-corrected chi connectivity index (χ4v) is 2.67. The van der Waals surface area contributed by atoms with E-state index in [9.17, 15) is 9.59 Å². The van der Waals surface area contributed by atoms with Gasteiger partial charge in [0.15, 0.2) is 0 Å². The average Bonchev–Trinajstić information content (AvgIpc) is 3.20. The van der Waals surface area contributed by atoms with E-state index in [0.717, 1.165) is 24.4 Å². The maximum atomic E-state index is 12.0. The molecule has 1 aromatic heterocycles. The fourth-order valence-electron chi connectivity index (χ4n) is 2.67. The van der Waals surface area contributed by atoms with Crippen molar-refractivity contribution in [2.45, 2.75) is 50.9 Å². The molecular formula is C16H24N4O2. The summed E-state index contributed by atoms with van der Waals surface area (Å²) in [4.78, 5) is 23.4. The Kier molecular flexibility index (Phi) is 4.45. The van der Waals surface area contributed by atoms with Crippen LogP contribution in [-0.4, -0.2) is 28.1 Å². The number of nitrogens with one attached hydrogen (secondary N) is 2. The lowest BCUT2D eigenvalue weighted by molar-refractivity contribution is -0.122. The van der Waals surface area contributed by atoms with Crippen LogP contribution >= 0.6 is 0 Å². The van der Waals surface area contributed by atoms with Gasteiger partial charge in [0, 0.05) is 37.9 Å². The van der Waals surface area contributed by atoms with E-state index in [1.54, 1.807) is 4.68 Å². The number of aromatic nitrogens is 2. The minimum Gasteiger partial charge on any atom is -0.356 e. The van der Waals surface area contributed by atoms with Gasteiger partial charge in [-0.15, -0.1) is 0 Å². The van der Waals surface area contributed by atoms with Gasteiger partial charge in [-0.3, -0.25) is 14.3 Å². The number of hydrogen-bond donors (Lipinski definition) is 2. The van der Waals surface area contributed by atoms with Crippen LogP contribution in [-0.2, 0) is 16.6 Å². The molecule has 0 atom stereocenters. The Morgan fingerprint density at radius 2 is 2.09 bits per heavy atom. The van der Waals surface area contributed by atoms with Gasteiger partial charge in [-0.1, -0.05) is 6.42 Å². The van der Waals surface area contributed by atoms with Gasteiger partial charge in [-0.25, -0.2) is 0 Å². The van der Waals surface area contributed by atoms with Crippen molar-refractivity contribution in [3.63, 3.8) is 0 Å². The number of anilines is 1. The van der Waals surface area contributed by atoms with Crippen molar-refractivity contribution in [1.82, 2.24) is 15.1 Å². The second-order valence-electron chi connectivity index (χ2n) is 6.42. The van der Waals surface area contributed by atoms with Crippen LogP contribution in [0.2, 0.25) is 0 Å². The molecule has 0 aromatic carbocycles. The van der Waals surface area contributed by atoms with Crippen LogP contribution in [0.5, 0.6) is 0 Å². The van der Waals surface area contributed by atoms with Crippen molar-refractivity contribution < 1.29 is 9.59 Å². The summed E-state index contributed by atoms with van der Waals surface area (Å²) in [7, 11) is 1.85. The predicted molar refractivity (Wildman–Crippen MR) is 83.4 cm³/mol. The number of amides is 2. The Bertz CT molecular complexity index is 558. The molecule has 1 aromatic rings. The highest BCUT2D eigenvalue weighted by Crippen LogP contribution is 2.36. The molecule has 0 aliphatic heterocycles. The second kappa shape index (κ2) is 6.50. The van der Waals surface area contributed by atoms with Gasteiger partial charge < -0.3 is 10.6 Å². The smallest absolute Gasteiger partial charge is 0.225 e. The molecular weight excluding hydrogens is 280 g/mol. The van der Waals surface area contributed by atoms with E-state index in [4.69, 9.17) is 0 Å². The molecule has 2 N–H and O–H groups in total. The average molecular weight is 304 g/mol. The molecule has 6 heteroatoms. The minimum absolute atomic E-state index is 0.0242. The third kappa shape index (κ3) is 3.67. The summed E-state index contributed by atoms with van der Waals surface area (Å²) in [5, 5.41) is 10.3. The molecule has 0 radical (unpaired) electrons. The van der Waals surface area contributed by atoms with E-state index in [1.165, 1.54) is 19.3 Å². The number of aryl methyl sites for hydroxylation is 1. The molecule has 6 nitrogen and oxygen atoms in total. The molecule has 2 aliphatic rings. The first kappa shape index (κ1) is 15.1. The lowest BCUT2D eigenvalue weighted by Crippen LogP contribution is -2.26. The SMILES string of the molecule is Cn1nc(C2CCC2)cc1NC(=O)CCCNC(=O)C1CC1. The van der Waals surface area contributed by atoms with Crippen molar-refractivity contribution in [3.8, 4) is 0 Å². The van der Waals surface area contributed by atoms with Crippen molar-refractivity contribution in [3.05, 3.63) is 11.8 Å². The van der Waals surface area contributed by atoms with Crippen molar-refractivity contribution in [2.24, 2.45) is 13.0 Å². The van der Waals surface area contributed by atoms with Gasteiger partial charge in [0.1, 0.15) is 5.82 Å². The standard InChI is InChI=1S/C16H24N4O2/c1-20-14(10-13(19-20)11-4-2-5-11)18-15(21)6-3-9-17-16(22)12-7-8-12/h10-12H,2-9H2,1H3,(H,17,22)(H,18,21). The van der Waals surface area contributed by atoms with Gasteiger partial charge in [0.05, 0.1) is 5.69 Å². The quantitative estimate of drug-likeness (QED) is 0.756. The number of hydrogen-bond acceptors (Lipinski definition) is 3. The highest BCUT2D eigenvalue weighted by molar-refractivity contribution is 5.90. The normalized spacial score (nSPS) is 17.9. The molecule has 0 spiro atoms. The first-order valence-electron chi connectivity index (χ1n) is 8.25. The van der Waals surface area contributed by atoms with Crippen LogP contribution in [0.3, 0.4) is 0 Å². The summed E-state index contributed by atoms with van der Waals surface area (Å²) in [6.45, 7) is 0.571. The summed E-state index contributed by atoms with van der Waals surface area (Å²) in [6, 6.07) is 1.98. The van der Waals surface area contributed by atoms with Gasteiger partial charge in [0.2, 0.25) is 11.8 Å². The number of rotatable bonds is 7. The summed E-state index contributed by atoms with van der Waals surface area (Å²) in [5.74, 6) is 1.66. The molecule has 1 heterocycles. The van der Waals surface area contributed by atoms with E-state index in [1.807, 2.05) is 13.1 Å². The van der Waals surface area contributed by atoms with Gasteiger partial charge in [-0.2, -0.15) is 5.10 Å². The zero-order valence-electron chi connectivity index (χ0n) is 13.1. The highest BCUT2D eigenvalue weighted by Gasteiger charge is 2.29. The highest BCUT2D eigenvalue weighted by atomic mass is 16.2. The summed E-state index contributed by atoms with van der Waals surface area (Å²) in [6.07, 6.45) is 6.77.